The van der Waals surface area contributed by atoms with Gasteiger partial charge < -0.3 is 14.2 Å². The van der Waals surface area contributed by atoms with E-state index in [0.717, 1.165) is 28.2 Å². The third kappa shape index (κ3) is 5.39. The molecule has 0 aromatic heterocycles. The second-order valence-electron chi connectivity index (χ2n) is 8.37. The van der Waals surface area contributed by atoms with Gasteiger partial charge in [0.15, 0.2) is 11.5 Å². The summed E-state index contributed by atoms with van der Waals surface area (Å²) in [5, 5.41) is 7.56. The Morgan fingerprint density at radius 1 is 1.08 bits per heavy atom. The zero-order valence-corrected chi connectivity index (χ0v) is 22.4. The van der Waals surface area contributed by atoms with Gasteiger partial charge in [0.05, 0.1) is 29.9 Å². The summed E-state index contributed by atoms with van der Waals surface area (Å²) in [6.45, 7) is 5.64. The Morgan fingerprint density at radius 3 is 2.46 bits per heavy atom. The van der Waals surface area contributed by atoms with Crippen molar-refractivity contribution in [1.29, 1.82) is 5.41 Å². The number of hydrogen-bond acceptors (Lipinski definition) is 9. The topological polar surface area (TPSA) is 131 Å². The highest BCUT2D eigenvalue weighted by atomic mass is 32.2. The molecular formula is C25H26N4O6S2. The van der Waals surface area contributed by atoms with Crippen molar-refractivity contribution in [2.24, 2.45) is 9.39 Å². The van der Waals surface area contributed by atoms with Gasteiger partial charge in [-0.3, -0.25) is 10.2 Å². The van der Waals surface area contributed by atoms with Gasteiger partial charge in [0.2, 0.25) is 20.2 Å². The molecule has 2 aliphatic heterocycles. The second kappa shape index (κ2) is 10.8. The molecule has 194 valence electrons. The van der Waals surface area contributed by atoms with Crippen molar-refractivity contribution in [3.05, 3.63) is 59.2 Å². The minimum Gasteiger partial charge on any atom is -0.493 e. The molecule has 2 aliphatic rings. The minimum atomic E-state index is -3.79. The first-order chi connectivity index (χ1) is 17.6. The average molecular weight is 543 g/mol. The molecule has 0 saturated carbocycles. The van der Waals surface area contributed by atoms with Crippen LogP contribution in [0, 0.1) is 12.3 Å². The van der Waals surface area contributed by atoms with E-state index >= 15 is 0 Å². The van der Waals surface area contributed by atoms with Gasteiger partial charge in [0.25, 0.3) is 5.91 Å². The van der Waals surface area contributed by atoms with Crippen LogP contribution in [0.2, 0.25) is 0 Å². The first-order valence-electron chi connectivity index (χ1n) is 11.4. The van der Waals surface area contributed by atoms with Gasteiger partial charge in [0, 0.05) is 0 Å². The Morgan fingerprint density at radius 2 is 1.78 bits per heavy atom. The van der Waals surface area contributed by atoms with Crippen LogP contribution in [-0.2, 0) is 14.6 Å². The summed E-state index contributed by atoms with van der Waals surface area (Å²) in [6.07, 6.45) is 1.46. The van der Waals surface area contributed by atoms with Crippen molar-refractivity contribution in [1.82, 2.24) is 4.90 Å². The fourth-order valence-electron chi connectivity index (χ4n) is 3.48. The fraction of sp³-hybridized carbons (Fsp3) is 0.280. The molecule has 0 unspecified atom stereocenters. The number of ether oxygens (including phenoxy) is 3. The Labute approximate surface area is 219 Å². The van der Waals surface area contributed by atoms with E-state index in [9.17, 15) is 13.2 Å². The summed E-state index contributed by atoms with van der Waals surface area (Å²) in [4.78, 5) is 17.7. The fourth-order valence-corrected chi connectivity index (χ4v) is 5.54. The molecule has 1 amide bonds. The molecular weight excluding hydrogens is 516 g/mol. The number of methoxy groups -OCH3 is 1. The highest BCUT2D eigenvalue weighted by molar-refractivity contribution is 8.16. The van der Waals surface area contributed by atoms with E-state index in [-0.39, 0.29) is 28.4 Å². The lowest BCUT2D eigenvalue weighted by molar-refractivity contribution is -0.114. The molecule has 0 saturated heterocycles. The van der Waals surface area contributed by atoms with Crippen molar-refractivity contribution in [2.75, 3.05) is 20.3 Å². The quantitative estimate of drug-likeness (QED) is 0.302. The zero-order chi connectivity index (χ0) is 26.7. The van der Waals surface area contributed by atoms with Crippen LogP contribution >= 0.6 is 11.9 Å². The maximum absolute atomic E-state index is 12.7. The van der Waals surface area contributed by atoms with E-state index in [1.807, 2.05) is 31.2 Å². The molecule has 0 spiro atoms. The van der Waals surface area contributed by atoms with Crippen molar-refractivity contribution in [2.45, 2.75) is 26.0 Å². The molecule has 2 heterocycles. The average Bonchev–Trinajstić information content (AvgIpc) is 3.30. The van der Waals surface area contributed by atoms with E-state index in [4.69, 9.17) is 19.6 Å². The summed E-state index contributed by atoms with van der Waals surface area (Å²) < 4.78 is 46.4. The molecule has 4 rings (SSSR count). The Bertz CT molecular complexity index is 1450. The first kappa shape index (κ1) is 26.4. The van der Waals surface area contributed by atoms with Crippen LogP contribution < -0.4 is 14.2 Å². The van der Waals surface area contributed by atoms with E-state index < -0.39 is 21.0 Å². The summed E-state index contributed by atoms with van der Waals surface area (Å²) in [6, 6.07) is 12.7. The lowest BCUT2D eigenvalue weighted by Crippen LogP contribution is -2.46. The molecule has 2 aromatic carbocycles. The van der Waals surface area contributed by atoms with Crippen molar-refractivity contribution < 1.29 is 27.4 Å². The number of fused-ring (bicyclic) bond motifs is 1. The Hall–Kier alpha value is -3.64. The molecule has 10 nitrogen and oxygen atoms in total. The molecule has 1 N–H and O–H groups in total. The SMILES string of the molecule is COc1cc(/C=C2/C(=N)N3C(=NC2=O)SN=C3S(=O)(=O)C(C)C)ccc1OCCOc1ccccc1C. The molecule has 0 bridgehead atoms. The second-order valence-corrected chi connectivity index (χ2v) is 11.5. The Kier molecular flexibility index (Phi) is 7.69. The first-order valence-corrected chi connectivity index (χ1v) is 13.7. The maximum atomic E-state index is 12.7. The molecule has 0 fully saturated rings. The third-order valence-electron chi connectivity index (χ3n) is 5.56. The number of rotatable bonds is 8. The maximum Gasteiger partial charge on any atom is 0.283 e. The monoisotopic (exact) mass is 542 g/mol. The lowest BCUT2D eigenvalue weighted by Gasteiger charge is -2.25. The third-order valence-corrected chi connectivity index (χ3v) is 8.40. The normalized spacial score (nSPS) is 16.6. The van der Waals surface area contributed by atoms with Gasteiger partial charge in [-0.15, -0.1) is 0 Å². The number of para-hydroxylation sites is 1. The molecule has 0 radical (unpaired) electrons. The van der Waals surface area contributed by atoms with Gasteiger partial charge in [0.1, 0.15) is 24.8 Å². The lowest BCUT2D eigenvalue weighted by atomic mass is 10.1. The number of amidine groups is 3. The van der Waals surface area contributed by atoms with E-state index in [1.54, 1.807) is 18.2 Å². The van der Waals surface area contributed by atoms with Crippen LogP contribution in [0.25, 0.3) is 6.08 Å². The van der Waals surface area contributed by atoms with E-state index in [0.29, 0.717) is 23.7 Å². The summed E-state index contributed by atoms with van der Waals surface area (Å²) in [5.74, 6) is 0.726. The van der Waals surface area contributed by atoms with E-state index in [2.05, 4.69) is 9.39 Å². The smallest absolute Gasteiger partial charge is 0.283 e. The Balaban J connectivity index is 1.51. The van der Waals surface area contributed by atoms with E-state index in [1.165, 1.54) is 27.0 Å². The van der Waals surface area contributed by atoms with Gasteiger partial charge in [-0.05, 0) is 56.2 Å². The predicted octanol–water partition coefficient (Wildman–Crippen LogP) is 3.86. The summed E-state index contributed by atoms with van der Waals surface area (Å²) in [5.41, 5.74) is 1.51. The number of nitrogens with one attached hydrogen (secondary N) is 1. The van der Waals surface area contributed by atoms with Crippen LogP contribution in [0.1, 0.15) is 25.0 Å². The van der Waals surface area contributed by atoms with Crippen molar-refractivity contribution >= 4 is 49.9 Å². The minimum absolute atomic E-state index is 0.0422. The highest BCUT2D eigenvalue weighted by Crippen LogP contribution is 2.33. The number of sulfone groups is 1. The van der Waals surface area contributed by atoms with Crippen molar-refractivity contribution in [3.8, 4) is 17.2 Å². The molecule has 2 aromatic rings. The number of aryl methyl sites for hydroxylation is 1. The van der Waals surface area contributed by atoms with Crippen LogP contribution in [0.5, 0.6) is 17.2 Å². The number of aliphatic imine (C=N–C) groups is 1. The van der Waals surface area contributed by atoms with Gasteiger partial charge in [-0.1, -0.05) is 24.3 Å². The molecule has 12 heteroatoms. The summed E-state index contributed by atoms with van der Waals surface area (Å²) in [7, 11) is -2.30. The molecule has 0 atom stereocenters. The number of carbonyl (C=O) groups excluding carboxylic acids is 1. The molecule has 37 heavy (non-hydrogen) atoms. The number of amides is 1. The number of nitrogens with zero attached hydrogens (tertiary/aromatic N) is 3. The van der Waals surface area contributed by atoms with Crippen LogP contribution in [0.15, 0.2) is 57.4 Å². The van der Waals surface area contributed by atoms with Crippen LogP contribution in [0.4, 0.5) is 0 Å². The van der Waals surface area contributed by atoms with Crippen LogP contribution in [0.3, 0.4) is 0 Å². The van der Waals surface area contributed by atoms with Crippen LogP contribution in [-0.4, -0.2) is 61.0 Å². The standard InChI is InChI=1S/C25H26N4O6S2/c1-15(2)37(31,32)25-28-36-24-27-23(30)18(22(26)29(24)25)13-17-9-10-20(21(14-17)33-4)35-12-11-34-19-8-6-5-7-16(19)3/h5-10,13-15,26H,11-12H2,1-4H3/b18-13-,26-22?. The zero-order valence-electron chi connectivity index (χ0n) is 20.7. The number of carbonyl (C=O) groups is 1. The van der Waals surface area contributed by atoms with Gasteiger partial charge in [-0.25, -0.2) is 13.3 Å². The number of hydrogen-bond donors (Lipinski definition) is 1. The van der Waals surface area contributed by atoms with Gasteiger partial charge >= 0.3 is 0 Å². The van der Waals surface area contributed by atoms with Gasteiger partial charge in [-0.2, -0.15) is 9.39 Å². The predicted molar refractivity (Wildman–Crippen MR) is 144 cm³/mol. The molecule has 0 aliphatic carbocycles. The largest absolute Gasteiger partial charge is 0.493 e. The number of benzene rings is 2. The highest BCUT2D eigenvalue weighted by Gasteiger charge is 2.43. The summed E-state index contributed by atoms with van der Waals surface area (Å²) >= 11 is 0.760. The van der Waals surface area contributed by atoms with Crippen molar-refractivity contribution in [3.63, 3.8) is 0 Å².